The second-order valence-electron chi connectivity index (χ2n) is 4.82. The zero-order valence-electron chi connectivity index (χ0n) is 11.2. The molecule has 1 fully saturated rings. The molecular formula is C13H17FN2O3S. The van der Waals surface area contributed by atoms with Crippen molar-refractivity contribution in [1.29, 1.82) is 0 Å². The average molecular weight is 300 g/mol. The minimum Gasteiger partial charge on any atom is -0.311 e. The number of nitrogens with zero attached hydrogens (tertiary/aromatic N) is 1. The second kappa shape index (κ2) is 5.88. The molecule has 0 radical (unpaired) electrons. The van der Waals surface area contributed by atoms with Gasteiger partial charge < -0.3 is 4.90 Å². The first kappa shape index (κ1) is 14.9. The Kier molecular flexibility index (Phi) is 4.39. The molecule has 0 saturated carbocycles. The maximum atomic E-state index is 12.9. The van der Waals surface area contributed by atoms with Crippen molar-refractivity contribution in [3.63, 3.8) is 0 Å². The Morgan fingerprint density at radius 2 is 2.00 bits per heavy atom. The summed E-state index contributed by atoms with van der Waals surface area (Å²) in [4.78, 5) is 13.4. The molecule has 1 aliphatic heterocycles. The molecular weight excluding hydrogens is 283 g/mol. The summed E-state index contributed by atoms with van der Waals surface area (Å²) >= 11 is 0. The normalized spacial score (nSPS) is 19.6. The summed E-state index contributed by atoms with van der Waals surface area (Å²) in [6.45, 7) is 2.05. The van der Waals surface area contributed by atoms with Crippen LogP contribution in [0.5, 0.6) is 0 Å². The van der Waals surface area contributed by atoms with Gasteiger partial charge in [0.1, 0.15) is 5.82 Å². The van der Waals surface area contributed by atoms with Gasteiger partial charge in [0.15, 0.2) is 0 Å². The van der Waals surface area contributed by atoms with Gasteiger partial charge in [-0.25, -0.2) is 17.5 Å². The predicted molar refractivity (Wildman–Crippen MR) is 74.4 cm³/mol. The Labute approximate surface area is 117 Å². The van der Waals surface area contributed by atoms with E-state index in [9.17, 15) is 17.6 Å². The number of hydrogen-bond donors (Lipinski definition) is 1. The van der Waals surface area contributed by atoms with E-state index in [0.29, 0.717) is 12.1 Å². The van der Waals surface area contributed by atoms with Crippen LogP contribution >= 0.6 is 0 Å². The molecule has 0 bridgehead atoms. The quantitative estimate of drug-likeness (QED) is 0.890. The number of carbonyl (C=O) groups is 1. The number of sulfonamides is 1. The molecule has 20 heavy (non-hydrogen) atoms. The lowest BCUT2D eigenvalue weighted by molar-refractivity contribution is -0.117. The maximum absolute atomic E-state index is 12.9. The van der Waals surface area contributed by atoms with E-state index in [0.717, 1.165) is 0 Å². The maximum Gasteiger partial charge on any atom is 0.228 e. The largest absolute Gasteiger partial charge is 0.311 e. The van der Waals surface area contributed by atoms with Crippen molar-refractivity contribution in [1.82, 2.24) is 4.72 Å². The van der Waals surface area contributed by atoms with E-state index >= 15 is 0 Å². The number of rotatable bonds is 5. The SMILES string of the molecule is CCCS(=O)(=O)N[C@@H]1CC(=O)N(c2ccc(F)cc2)C1. The highest BCUT2D eigenvalue weighted by Gasteiger charge is 2.32. The van der Waals surface area contributed by atoms with Crippen LogP contribution in [0, 0.1) is 5.82 Å². The summed E-state index contributed by atoms with van der Waals surface area (Å²) in [5, 5.41) is 0. The summed E-state index contributed by atoms with van der Waals surface area (Å²) < 4.78 is 38.8. The minimum absolute atomic E-state index is 0.0498. The second-order valence-corrected chi connectivity index (χ2v) is 6.69. The molecule has 0 aliphatic carbocycles. The van der Waals surface area contributed by atoms with Crippen LogP contribution in [-0.4, -0.2) is 32.7 Å². The number of anilines is 1. The number of nitrogens with one attached hydrogen (secondary N) is 1. The standard InChI is InChI=1S/C13H17FN2O3S/c1-2-7-20(18,19)15-11-8-13(17)16(9-11)12-5-3-10(14)4-6-12/h3-6,11,15H,2,7-9H2,1H3/t11-/m1/s1. The molecule has 110 valence electrons. The number of carbonyl (C=O) groups excluding carboxylic acids is 1. The Morgan fingerprint density at radius 3 is 2.60 bits per heavy atom. The van der Waals surface area contributed by atoms with E-state index < -0.39 is 16.1 Å². The van der Waals surface area contributed by atoms with Crippen LogP contribution in [0.2, 0.25) is 0 Å². The van der Waals surface area contributed by atoms with Crippen LogP contribution in [-0.2, 0) is 14.8 Å². The van der Waals surface area contributed by atoms with Gasteiger partial charge in [-0.3, -0.25) is 4.79 Å². The van der Waals surface area contributed by atoms with Crippen LogP contribution in [0.25, 0.3) is 0 Å². The monoisotopic (exact) mass is 300 g/mol. The fourth-order valence-electron chi connectivity index (χ4n) is 2.24. The Balaban J connectivity index is 2.06. The lowest BCUT2D eigenvalue weighted by atomic mass is 10.3. The topological polar surface area (TPSA) is 66.5 Å². The van der Waals surface area contributed by atoms with Crippen molar-refractivity contribution in [2.45, 2.75) is 25.8 Å². The van der Waals surface area contributed by atoms with Gasteiger partial charge in [-0.2, -0.15) is 0 Å². The first-order chi connectivity index (χ1) is 9.41. The van der Waals surface area contributed by atoms with Crippen molar-refractivity contribution >= 4 is 21.6 Å². The van der Waals surface area contributed by atoms with E-state index in [2.05, 4.69) is 4.72 Å². The third-order valence-corrected chi connectivity index (χ3v) is 4.72. The summed E-state index contributed by atoms with van der Waals surface area (Å²) in [6.07, 6.45) is 0.651. The lowest BCUT2D eigenvalue weighted by Gasteiger charge is -2.17. The highest BCUT2D eigenvalue weighted by atomic mass is 32.2. The smallest absolute Gasteiger partial charge is 0.228 e. The molecule has 2 rings (SSSR count). The molecule has 0 aromatic heterocycles. The molecule has 1 saturated heterocycles. The summed E-state index contributed by atoms with van der Waals surface area (Å²) in [5.74, 6) is -0.491. The van der Waals surface area contributed by atoms with Gasteiger partial charge in [0, 0.05) is 24.7 Å². The lowest BCUT2D eigenvalue weighted by Crippen LogP contribution is -2.38. The third kappa shape index (κ3) is 3.55. The van der Waals surface area contributed by atoms with Crippen molar-refractivity contribution in [2.24, 2.45) is 0 Å². The van der Waals surface area contributed by atoms with Crippen LogP contribution in [0.3, 0.4) is 0 Å². The minimum atomic E-state index is -3.34. The first-order valence-electron chi connectivity index (χ1n) is 6.47. The van der Waals surface area contributed by atoms with E-state index in [1.807, 2.05) is 0 Å². The summed E-state index contributed by atoms with van der Waals surface area (Å²) in [5.41, 5.74) is 0.577. The zero-order chi connectivity index (χ0) is 14.8. The Morgan fingerprint density at radius 1 is 1.35 bits per heavy atom. The fraction of sp³-hybridized carbons (Fsp3) is 0.462. The van der Waals surface area contributed by atoms with Crippen LogP contribution < -0.4 is 9.62 Å². The first-order valence-corrected chi connectivity index (χ1v) is 8.12. The van der Waals surface area contributed by atoms with Crippen molar-refractivity contribution < 1.29 is 17.6 Å². The summed E-state index contributed by atoms with van der Waals surface area (Å²) in [6, 6.07) is 5.14. The van der Waals surface area contributed by atoms with Gasteiger partial charge in [0.2, 0.25) is 15.9 Å². The number of amides is 1. The van der Waals surface area contributed by atoms with Gasteiger partial charge in [0.05, 0.1) is 5.75 Å². The van der Waals surface area contributed by atoms with Gasteiger partial charge in [0.25, 0.3) is 0 Å². The van der Waals surface area contributed by atoms with E-state index in [1.165, 1.54) is 29.2 Å². The zero-order valence-corrected chi connectivity index (χ0v) is 12.0. The average Bonchev–Trinajstić information content (AvgIpc) is 2.70. The molecule has 1 amide bonds. The highest BCUT2D eigenvalue weighted by Crippen LogP contribution is 2.22. The number of halogens is 1. The van der Waals surface area contributed by atoms with Crippen LogP contribution in [0.15, 0.2) is 24.3 Å². The highest BCUT2D eigenvalue weighted by molar-refractivity contribution is 7.89. The molecule has 1 N–H and O–H groups in total. The molecule has 0 spiro atoms. The third-order valence-electron chi connectivity index (χ3n) is 3.08. The Bertz CT molecular complexity index is 586. The van der Waals surface area contributed by atoms with Crippen LogP contribution in [0.1, 0.15) is 19.8 Å². The fourth-order valence-corrected chi connectivity index (χ4v) is 3.56. The molecule has 1 aromatic carbocycles. The molecule has 0 unspecified atom stereocenters. The predicted octanol–water partition coefficient (Wildman–Crippen LogP) is 1.26. The van der Waals surface area contributed by atoms with Gasteiger partial charge in [-0.1, -0.05) is 6.92 Å². The van der Waals surface area contributed by atoms with E-state index in [-0.39, 0.29) is 30.4 Å². The van der Waals surface area contributed by atoms with Gasteiger partial charge >= 0.3 is 0 Å². The molecule has 7 heteroatoms. The van der Waals surface area contributed by atoms with E-state index in [4.69, 9.17) is 0 Å². The van der Waals surface area contributed by atoms with Crippen molar-refractivity contribution in [2.75, 3.05) is 17.2 Å². The molecule has 1 aromatic rings. The van der Waals surface area contributed by atoms with Crippen LogP contribution in [0.4, 0.5) is 10.1 Å². The van der Waals surface area contributed by atoms with Gasteiger partial charge in [-0.15, -0.1) is 0 Å². The van der Waals surface area contributed by atoms with Gasteiger partial charge in [-0.05, 0) is 30.7 Å². The van der Waals surface area contributed by atoms with Crippen molar-refractivity contribution in [3.8, 4) is 0 Å². The number of hydrogen-bond acceptors (Lipinski definition) is 3. The van der Waals surface area contributed by atoms with E-state index in [1.54, 1.807) is 6.92 Å². The molecule has 1 atom stereocenters. The number of benzene rings is 1. The molecule has 5 nitrogen and oxygen atoms in total. The van der Waals surface area contributed by atoms with Crippen molar-refractivity contribution in [3.05, 3.63) is 30.1 Å². The Hall–Kier alpha value is -1.47. The molecule has 1 heterocycles. The molecule has 1 aliphatic rings. The summed E-state index contributed by atoms with van der Waals surface area (Å²) in [7, 11) is -3.34.